The Balaban J connectivity index is -0.000000728. The Bertz CT molecular complexity index is 3800. The Kier molecular flexibility index (Phi) is 83.4. The lowest BCUT2D eigenvalue weighted by molar-refractivity contribution is -0.145. The van der Waals surface area contributed by atoms with Crippen LogP contribution in [0.25, 0.3) is 12.2 Å². The van der Waals surface area contributed by atoms with Gasteiger partial charge in [-0.15, -0.1) is 0 Å². The number of likely N-dealkylation sites (N-methyl/N-ethyl adjacent to an activating group) is 2. The number of amides is 7. The van der Waals surface area contributed by atoms with E-state index in [0.717, 1.165) is 142 Å². The van der Waals surface area contributed by atoms with E-state index in [4.69, 9.17) is 30.4 Å². The van der Waals surface area contributed by atoms with E-state index < -0.39 is 0 Å². The monoisotopic (exact) mass is 1980 g/mol. The third kappa shape index (κ3) is 85.9. The van der Waals surface area contributed by atoms with E-state index >= 15 is 0 Å². The number of nitrogen functional groups attached to an aromatic ring is 1. The summed E-state index contributed by atoms with van der Waals surface area (Å²) in [5, 5.41) is 19.3. The zero-order chi connectivity index (χ0) is 107. The van der Waals surface area contributed by atoms with Gasteiger partial charge in [-0.05, 0) is 250 Å². The van der Waals surface area contributed by atoms with Crippen LogP contribution >= 0.6 is 11.8 Å². The van der Waals surface area contributed by atoms with Crippen molar-refractivity contribution in [1.29, 1.82) is 0 Å². The number of rotatable bonds is 45. The van der Waals surface area contributed by atoms with Gasteiger partial charge >= 0.3 is 17.9 Å². The van der Waals surface area contributed by atoms with Crippen molar-refractivity contribution in [2.24, 2.45) is 11.1 Å². The van der Waals surface area contributed by atoms with Crippen LogP contribution < -0.4 is 48.7 Å². The summed E-state index contributed by atoms with van der Waals surface area (Å²) in [5.74, 6) is 1.01. The number of benzene rings is 2. The maximum absolute atomic E-state index is 11.4. The normalized spacial score (nSPS) is 14.0. The number of carbonyl (C=O) groups excluding carboxylic acids is 10. The maximum atomic E-state index is 11.4. The lowest BCUT2D eigenvalue weighted by Crippen LogP contribution is -2.45. The zero-order valence-corrected chi connectivity index (χ0v) is 90.1. The van der Waals surface area contributed by atoms with E-state index in [1.165, 1.54) is 118 Å². The quantitative estimate of drug-likeness (QED) is 0.00981. The van der Waals surface area contributed by atoms with Gasteiger partial charge in [-0.1, -0.05) is 148 Å². The maximum Gasteiger partial charge on any atom is 0.333 e. The molecule has 0 aliphatic carbocycles. The van der Waals surface area contributed by atoms with Crippen LogP contribution in [-0.4, -0.2) is 392 Å². The summed E-state index contributed by atoms with van der Waals surface area (Å²) >= 11 is 2.02. The Hall–Kier alpha value is -10.1. The topological polar surface area (TPSA) is 376 Å². The molecule has 0 unspecified atom stereocenters. The summed E-state index contributed by atoms with van der Waals surface area (Å²) in [5.41, 5.74) is 16.9. The summed E-state index contributed by atoms with van der Waals surface area (Å²) in [6.07, 6.45) is 20.5. The molecule has 5 aliphatic rings. The van der Waals surface area contributed by atoms with Crippen molar-refractivity contribution in [1.82, 2.24) is 86.2 Å². The van der Waals surface area contributed by atoms with Gasteiger partial charge in [0.2, 0.25) is 41.4 Å². The van der Waals surface area contributed by atoms with Gasteiger partial charge in [-0.25, -0.2) is 14.4 Å². The largest absolute Gasteiger partial charge is 0.462 e. The van der Waals surface area contributed by atoms with Crippen LogP contribution in [0.4, 0.5) is 5.69 Å². The van der Waals surface area contributed by atoms with Gasteiger partial charge < -0.3 is 102 Å². The summed E-state index contributed by atoms with van der Waals surface area (Å²) in [6.45, 7) is 78.5. The molecule has 794 valence electrons. The van der Waals surface area contributed by atoms with E-state index in [-0.39, 0.29) is 76.3 Å². The van der Waals surface area contributed by atoms with E-state index in [2.05, 4.69) is 196 Å². The molecular formula is C106H185N19O14S. The molecule has 34 heteroatoms. The van der Waals surface area contributed by atoms with Gasteiger partial charge in [0, 0.05) is 174 Å². The molecule has 2 aromatic carbocycles. The van der Waals surface area contributed by atoms with Gasteiger partial charge in [0.25, 0.3) is 0 Å². The highest BCUT2D eigenvalue weighted by Crippen LogP contribution is 2.17. The summed E-state index contributed by atoms with van der Waals surface area (Å²) in [6, 6.07) is 16.1. The highest BCUT2D eigenvalue weighted by Gasteiger charge is 2.24. The number of nitrogens with zero attached hydrogens (tertiary/aromatic N) is 10. The molecule has 5 saturated heterocycles. The first kappa shape index (κ1) is 136. The van der Waals surface area contributed by atoms with E-state index in [0.29, 0.717) is 81.4 Å². The zero-order valence-electron chi connectivity index (χ0n) is 89.3. The van der Waals surface area contributed by atoms with Crippen LogP contribution in [0.3, 0.4) is 0 Å². The fourth-order valence-electron chi connectivity index (χ4n) is 12.6. The number of hydrogen-bond donors (Lipinski definition) is 9. The second kappa shape index (κ2) is 85.7. The lowest BCUT2D eigenvalue weighted by Gasteiger charge is -2.27. The van der Waals surface area contributed by atoms with Crippen LogP contribution in [0.2, 0.25) is 0 Å². The van der Waals surface area contributed by atoms with Crippen molar-refractivity contribution < 1.29 is 66.9 Å². The smallest absolute Gasteiger partial charge is 0.333 e. The van der Waals surface area contributed by atoms with Gasteiger partial charge in [-0.3, -0.25) is 48.3 Å². The standard InChI is InChI=1S/C11H22N2O2.C11H22N2O.C11H15N.C10H18N2OS.C10H18N2O.C10H17NO2.C10H19NO2.C9H15N3O2.C9H16N2O2.C8H9N.C7H14N2O/c1-9(2)11(14)15-10(7-12(3)4)8-13(5)6;1-9(2)10(14)12-11(3,4)7-8-13(5)6;1-4-10-5-7-11(8-6-10)9-12(2)3;1-2-10(13)11-4-3-5-12-6-8-14-9-7-12;1-2-10(13)11-6-9-12-7-4-3-5-8-12;1-2-10(12)13-9-8-11-6-4-3-5-7-11;1-6-9(12)13-8-10(2,3)7-11(4)5;1-7(2)9(14)10-3-4-12-5-8(13)11-6-12;1-2-9(12)10-3-4-11-5-7-13-8-6-11;1-2-7-4-3-5-8(9)6-7;1-6(2)7(10)9-5-3-4-8/h10H,1,7-8H2,2-6H3;1,7-8H2,2-6H3,(H,12,14);4-8H,1,9H2,2-3H3;2H,1,3-9H2,(H,11,13);2H,1,3-9H2,(H,11,13);2H,1,3-9H2;6H,1,7-8H2,2-5H3;1,3-6H2,2H3,(H,10,14)(H,11,13);2H,1,3-8H2,(H,10,12);2-6H,1,9H2;1,3-5,8H2,2H3,(H,9,10). The Morgan fingerprint density at radius 2 is 0.957 bits per heavy atom. The van der Waals surface area contributed by atoms with E-state index in [1.807, 2.05) is 127 Å². The van der Waals surface area contributed by atoms with Crippen LogP contribution in [-0.2, 0) is 73.4 Å². The second-order valence-corrected chi connectivity index (χ2v) is 37.9. The van der Waals surface area contributed by atoms with Crippen LogP contribution in [0.15, 0.2) is 174 Å². The van der Waals surface area contributed by atoms with Gasteiger partial charge in [0.05, 0.1) is 33.0 Å². The minimum absolute atomic E-state index is 0.0117. The molecule has 2 aromatic rings. The number of anilines is 1. The molecule has 33 nitrogen and oxygen atoms in total. The number of carbonyl (C=O) groups is 10. The first-order chi connectivity index (χ1) is 66.1. The SMILES string of the molecule is C=C(C)C(=O)NC(C)(C)CCN(C)C.C=C(C)C(=O)NCCCN.C=C(C)C(=O)NCCN1CNC(=O)C1.C=C(C)C(=O)OC(CN(C)C)CN(C)C.C=CC(=O)NCCCN1CCSCC1.C=CC(=O)NCCN1CCCCC1.C=CC(=O)NCCN1CCOCC1.C=CC(=O)OCC(C)(C)CN(C)C.C=CC(=O)OCCN1CCCCC1.C=Cc1ccc(CN(C)C)cc1.C=Cc1cccc(N)c1. The Morgan fingerprint density at radius 1 is 0.507 bits per heavy atom. The number of morpholine rings is 1. The summed E-state index contributed by atoms with van der Waals surface area (Å²) in [4.78, 5) is 131. The highest BCUT2D eigenvalue weighted by molar-refractivity contribution is 7.99. The predicted molar refractivity (Wildman–Crippen MR) is 581 cm³/mol. The molecule has 5 aliphatic heterocycles. The number of piperidine rings is 2. The summed E-state index contributed by atoms with van der Waals surface area (Å²) < 4.78 is 20.4. The first-order valence-electron chi connectivity index (χ1n) is 48.3. The van der Waals surface area contributed by atoms with Gasteiger partial charge in [0.15, 0.2) is 0 Å². The number of esters is 3. The number of nitrogens with one attached hydrogen (secondary N) is 7. The number of likely N-dealkylation sites (tertiary alicyclic amines) is 2. The predicted octanol–water partition coefficient (Wildman–Crippen LogP) is 9.03. The van der Waals surface area contributed by atoms with Crippen molar-refractivity contribution in [2.75, 3.05) is 278 Å². The number of nitrogens with two attached hydrogens (primary N) is 2. The van der Waals surface area contributed by atoms with Gasteiger partial charge in [0.1, 0.15) is 12.7 Å². The molecule has 0 saturated carbocycles. The molecule has 140 heavy (non-hydrogen) atoms. The molecule has 7 amide bonds. The average molecular weight is 1980 g/mol. The lowest BCUT2D eigenvalue weighted by atomic mass is 9.94. The van der Waals surface area contributed by atoms with E-state index in [9.17, 15) is 47.9 Å². The van der Waals surface area contributed by atoms with Crippen LogP contribution in [0.1, 0.15) is 130 Å². The van der Waals surface area contributed by atoms with Crippen molar-refractivity contribution in [2.45, 2.75) is 131 Å². The van der Waals surface area contributed by atoms with Crippen molar-refractivity contribution in [3.63, 3.8) is 0 Å². The van der Waals surface area contributed by atoms with Crippen LogP contribution in [0.5, 0.6) is 0 Å². The number of ether oxygens (including phenoxy) is 4. The first-order valence-corrected chi connectivity index (χ1v) is 49.4. The fourth-order valence-corrected chi connectivity index (χ4v) is 13.6. The Labute approximate surface area is 848 Å². The minimum atomic E-state index is -0.355. The molecule has 0 aromatic heterocycles. The Morgan fingerprint density at radius 3 is 1.37 bits per heavy atom. The van der Waals surface area contributed by atoms with Crippen molar-refractivity contribution in [3.8, 4) is 0 Å². The third-order valence-corrected chi connectivity index (χ3v) is 21.0. The van der Waals surface area contributed by atoms with Crippen molar-refractivity contribution >= 4 is 88.9 Å². The molecule has 5 heterocycles. The van der Waals surface area contributed by atoms with Crippen LogP contribution in [0, 0.1) is 5.41 Å². The fraction of sp³-hybridized carbons (Fsp3) is 0.585. The number of hydrogen-bond acceptors (Lipinski definition) is 27. The molecule has 0 spiro atoms. The number of thioether (sulfide) groups is 1. The summed E-state index contributed by atoms with van der Waals surface area (Å²) in [7, 11) is 20.0. The molecular weight excluding hydrogens is 1800 g/mol. The average Bonchev–Trinajstić information content (AvgIpc) is 1.000. The third-order valence-electron chi connectivity index (χ3n) is 20.1. The minimum Gasteiger partial charge on any atom is -0.462 e. The molecule has 7 rings (SSSR count). The molecule has 0 radical (unpaired) electrons. The van der Waals surface area contributed by atoms with Crippen molar-refractivity contribution in [3.05, 3.63) is 190 Å². The molecule has 5 fully saturated rings. The van der Waals surface area contributed by atoms with E-state index in [1.54, 1.807) is 33.8 Å². The molecule has 11 N–H and O–H groups in total. The highest BCUT2D eigenvalue weighted by atomic mass is 32.2. The second-order valence-electron chi connectivity index (χ2n) is 36.7. The molecule has 0 bridgehead atoms. The van der Waals surface area contributed by atoms with Gasteiger partial charge in [-0.2, -0.15) is 11.8 Å². The molecule has 0 atom stereocenters.